The lowest BCUT2D eigenvalue weighted by molar-refractivity contribution is -0.159. The van der Waals surface area contributed by atoms with Crippen LogP contribution in [-0.2, 0) is 28.7 Å². The number of fused-ring (bicyclic) bond motifs is 1. The Morgan fingerprint density at radius 1 is 1.21 bits per heavy atom. The molecule has 1 aromatic rings. The van der Waals surface area contributed by atoms with Crippen molar-refractivity contribution in [3.63, 3.8) is 0 Å². The number of amides is 2. The minimum absolute atomic E-state index is 0.351. The van der Waals surface area contributed by atoms with Crippen LogP contribution < -0.4 is 5.32 Å². The topological polar surface area (TPSA) is 102 Å². The lowest BCUT2D eigenvalue weighted by atomic mass is 9.77. The van der Waals surface area contributed by atoms with E-state index in [1.54, 1.807) is 13.0 Å². The molecule has 4 atom stereocenters. The maximum absolute atomic E-state index is 13.7. The number of esters is 2. The van der Waals surface area contributed by atoms with Crippen molar-refractivity contribution in [1.29, 1.82) is 0 Å². The number of imide groups is 1. The van der Waals surface area contributed by atoms with Gasteiger partial charge in [0.2, 0.25) is 11.8 Å². The van der Waals surface area contributed by atoms with Crippen molar-refractivity contribution >= 4 is 23.8 Å². The monoisotopic (exact) mass is 392 g/mol. The van der Waals surface area contributed by atoms with Gasteiger partial charge in [0.05, 0.1) is 32.5 Å². The van der Waals surface area contributed by atoms with Gasteiger partial charge in [0, 0.05) is 13.1 Å². The van der Waals surface area contributed by atoms with Crippen LogP contribution in [0, 0.1) is 24.6 Å². The SMILES string of the molecule is COC(=O)C[C@]1(C(=O)OC)N[C@@H](c2ccc(F)c(C)c2)[C@H]2C(=O)N(C)C(=O)[C@H]21. The van der Waals surface area contributed by atoms with Gasteiger partial charge in [0.25, 0.3) is 0 Å². The van der Waals surface area contributed by atoms with Crippen molar-refractivity contribution in [3.05, 3.63) is 35.1 Å². The molecule has 8 nitrogen and oxygen atoms in total. The maximum atomic E-state index is 13.7. The van der Waals surface area contributed by atoms with Crippen LogP contribution in [0.15, 0.2) is 18.2 Å². The molecule has 0 saturated carbocycles. The molecule has 2 aliphatic heterocycles. The van der Waals surface area contributed by atoms with Crippen molar-refractivity contribution in [3.8, 4) is 0 Å². The molecule has 0 radical (unpaired) electrons. The predicted octanol–water partition coefficient (Wildman–Crippen LogP) is 0.484. The highest BCUT2D eigenvalue weighted by atomic mass is 19.1. The van der Waals surface area contributed by atoms with E-state index >= 15 is 0 Å². The Hall–Kier alpha value is -2.81. The Bertz CT molecular complexity index is 872. The predicted molar refractivity (Wildman–Crippen MR) is 93.2 cm³/mol. The largest absolute Gasteiger partial charge is 0.469 e. The zero-order valence-electron chi connectivity index (χ0n) is 15.9. The van der Waals surface area contributed by atoms with E-state index in [1.807, 2.05) is 0 Å². The Morgan fingerprint density at radius 2 is 1.89 bits per heavy atom. The summed E-state index contributed by atoms with van der Waals surface area (Å²) in [5, 5.41) is 3.00. The van der Waals surface area contributed by atoms with Gasteiger partial charge < -0.3 is 9.47 Å². The van der Waals surface area contributed by atoms with E-state index in [9.17, 15) is 23.6 Å². The van der Waals surface area contributed by atoms with E-state index in [1.165, 1.54) is 19.2 Å². The zero-order chi connectivity index (χ0) is 20.8. The van der Waals surface area contributed by atoms with Gasteiger partial charge in [-0.15, -0.1) is 0 Å². The van der Waals surface area contributed by atoms with E-state index in [4.69, 9.17) is 9.47 Å². The second-order valence-corrected chi connectivity index (χ2v) is 7.09. The normalized spacial score (nSPS) is 29.0. The van der Waals surface area contributed by atoms with Crippen molar-refractivity contribution in [2.45, 2.75) is 24.9 Å². The van der Waals surface area contributed by atoms with Crippen molar-refractivity contribution in [1.82, 2.24) is 10.2 Å². The molecular formula is C19H21FN2O6. The van der Waals surface area contributed by atoms with Crippen LogP contribution in [0.1, 0.15) is 23.6 Å². The second-order valence-electron chi connectivity index (χ2n) is 7.09. The quantitative estimate of drug-likeness (QED) is 0.588. The molecule has 0 unspecified atom stereocenters. The maximum Gasteiger partial charge on any atom is 0.327 e. The molecule has 2 saturated heterocycles. The van der Waals surface area contributed by atoms with Gasteiger partial charge in [-0.2, -0.15) is 0 Å². The molecule has 1 aromatic carbocycles. The number of aryl methyl sites for hydroxylation is 1. The molecule has 3 rings (SSSR count). The van der Waals surface area contributed by atoms with Crippen LogP contribution in [0.2, 0.25) is 0 Å². The number of halogens is 1. The van der Waals surface area contributed by atoms with Gasteiger partial charge in [-0.3, -0.25) is 29.4 Å². The van der Waals surface area contributed by atoms with Crippen LogP contribution in [0.25, 0.3) is 0 Å². The number of ether oxygens (including phenoxy) is 2. The first-order valence-electron chi connectivity index (χ1n) is 8.68. The number of nitrogens with one attached hydrogen (secondary N) is 1. The van der Waals surface area contributed by atoms with Gasteiger partial charge >= 0.3 is 11.9 Å². The van der Waals surface area contributed by atoms with E-state index in [0.717, 1.165) is 19.1 Å². The van der Waals surface area contributed by atoms with Crippen molar-refractivity contribution in [2.24, 2.45) is 11.8 Å². The highest BCUT2D eigenvalue weighted by Crippen LogP contribution is 2.50. The summed E-state index contributed by atoms with van der Waals surface area (Å²) in [6.07, 6.45) is -0.485. The number of rotatable bonds is 4. The summed E-state index contributed by atoms with van der Waals surface area (Å²) in [6.45, 7) is 1.57. The number of hydrogen-bond acceptors (Lipinski definition) is 7. The summed E-state index contributed by atoms with van der Waals surface area (Å²) < 4.78 is 23.3. The molecule has 2 aliphatic rings. The number of carbonyl (C=O) groups excluding carboxylic acids is 4. The smallest absolute Gasteiger partial charge is 0.327 e. The molecule has 2 amide bonds. The van der Waals surface area contributed by atoms with E-state index < -0.39 is 59.4 Å². The molecule has 1 N–H and O–H groups in total. The number of hydrogen-bond donors (Lipinski definition) is 1. The molecule has 2 fully saturated rings. The van der Waals surface area contributed by atoms with E-state index in [2.05, 4.69) is 5.32 Å². The molecule has 0 aliphatic carbocycles. The second kappa shape index (κ2) is 6.97. The zero-order valence-corrected chi connectivity index (χ0v) is 15.9. The summed E-state index contributed by atoms with van der Waals surface area (Å²) >= 11 is 0. The Kier molecular flexibility index (Phi) is 4.97. The van der Waals surface area contributed by atoms with Gasteiger partial charge in [-0.1, -0.05) is 12.1 Å². The third-order valence-corrected chi connectivity index (χ3v) is 5.62. The van der Waals surface area contributed by atoms with Crippen LogP contribution in [-0.4, -0.2) is 55.5 Å². The van der Waals surface area contributed by atoms with Gasteiger partial charge in [0.15, 0.2) is 0 Å². The van der Waals surface area contributed by atoms with Gasteiger partial charge in [-0.25, -0.2) is 4.39 Å². The Morgan fingerprint density at radius 3 is 2.46 bits per heavy atom. The average Bonchev–Trinajstić information content (AvgIpc) is 3.13. The average molecular weight is 392 g/mol. The Balaban J connectivity index is 2.17. The number of nitrogens with zero attached hydrogens (tertiary/aromatic N) is 1. The lowest BCUT2D eigenvalue weighted by Gasteiger charge is -2.31. The first kappa shape index (κ1) is 19.9. The van der Waals surface area contributed by atoms with Crippen molar-refractivity contribution in [2.75, 3.05) is 21.3 Å². The highest BCUT2D eigenvalue weighted by molar-refractivity contribution is 6.10. The third kappa shape index (κ3) is 2.77. The minimum Gasteiger partial charge on any atom is -0.469 e. The van der Waals surface area contributed by atoms with E-state index in [-0.39, 0.29) is 0 Å². The summed E-state index contributed by atoms with van der Waals surface area (Å²) in [7, 11) is 3.63. The van der Waals surface area contributed by atoms with Crippen LogP contribution in [0.4, 0.5) is 4.39 Å². The fourth-order valence-corrected chi connectivity index (χ4v) is 4.20. The molecule has 0 bridgehead atoms. The number of carbonyl (C=O) groups is 4. The van der Waals surface area contributed by atoms with E-state index in [0.29, 0.717) is 11.1 Å². The molecule has 28 heavy (non-hydrogen) atoms. The molecular weight excluding hydrogens is 371 g/mol. The summed E-state index contributed by atoms with van der Waals surface area (Å²) in [5.41, 5.74) is -0.887. The molecule has 9 heteroatoms. The standard InChI is InChI=1S/C19H21FN2O6/c1-9-7-10(5-6-11(9)20)15-13-14(17(25)22(2)16(13)24)19(21-15,18(26)28-4)8-12(23)27-3/h5-7,13-15,21H,8H2,1-4H3/t13-,14-,15-,19-/m0/s1. The fourth-order valence-electron chi connectivity index (χ4n) is 4.20. The lowest BCUT2D eigenvalue weighted by Crippen LogP contribution is -2.57. The summed E-state index contributed by atoms with van der Waals surface area (Å²) in [4.78, 5) is 51.4. The third-order valence-electron chi connectivity index (χ3n) is 5.62. The highest BCUT2D eigenvalue weighted by Gasteiger charge is 2.68. The van der Waals surface area contributed by atoms with Gasteiger partial charge in [-0.05, 0) is 24.1 Å². The van der Waals surface area contributed by atoms with Crippen molar-refractivity contribution < 1.29 is 33.0 Å². The molecule has 0 aromatic heterocycles. The molecule has 0 spiro atoms. The summed E-state index contributed by atoms with van der Waals surface area (Å²) in [5.74, 6) is -5.15. The number of methoxy groups -OCH3 is 2. The van der Waals surface area contributed by atoms with Crippen LogP contribution in [0.3, 0.4) is 0 Å². The van der Waals surface area contributed by atoms with Crippen LogP contribution in [0.5, 0.6) is 0 Å². The number of likely N-dealkylation sites (tertiary alicyclic amines) is 1. The molecule has 2 heterocycles. The Labute approximate surface area is 161 Å². The van der Waals surface area contributed by atoms with Crippen LogP contribution >= 0.6 is 0 Å². The summed E-state index contributed by atoms with van der Waals surface area (Å²) in [6, 6.07) is 3.50. The van der Waals surface area contributed by atoms with Gasteiger partial charge in [0.1, 0.15) is 11.4 Å². The first-order chi connectivity index (χ1) is 13.2. The first-order valence-corrected chi connectivity index (χ1v) is 8.68. The fraction of sp³-hybridized carbons (Fsp3) is 0.474. The minimum atomic E-state index is -1.77. The molecule has 150 valence electrons. The number of benzene rings is 1.